The molecule has 1 aromatic carbocycles. The van der Waals surface area contributed by atoms with Crippen LogP contribution in [-0.4, -0.2) is 55.6 Å². The van der Waals surface area contributed by atoms with Gasteiger partial charge in [-0.3, -0.25) is 0 Å². The molecule has 19 heavy (non-hydrogen) atoms. The molecule has 0 bridgehead atoms. The maximum absolute atomic E-state index is 12.1. The lowest BCUT2D eigenvalue weighted by Gasteiger charge is -2.32. The Morgan fingerprint density at radius 1 is 1.58 bits per heavy atom. The number of hydrogen-bond acceptors (Lipinski definition) is 4. The topological polar surface area (TPSA) is 71.0 Å². The Morgan fingerprint density at radius 2 is 2.37 bits per heavy atom. The van der Waals surface area contributed by atoms with Gasteiger partial charge in [0.2, 0.25) is 0 Å². The van der Waals surface area contributed by atoms with Crippen molar-refractivity contribution < 1.29 is 19.4 Å². The first-order valence-corrected chi connectivity index (χ1v) is 6.16. The third kappa shape index (κ3) is 3.36. The van der Waals surface area contributed by atoms with Crippen LogP contribution in [0.3, 0.4) is 0 Å². The molecule has 6 heteroatoms. The highest BCUT2D eigenvalue weighted by molar-refractivity contribution is 5.91. The van der Waals surface area contributed by atoms with Crippen molar-refractivity contribution in [3.05, 3.63) is 24.3 Å². The Labute approximate surface area is 111 Å². The van der Waals surface area contributed by atoms with E-state index in [0.717, 1.165) is 0 Å². The smallest absolute Gasteiger partial charge is 0.322 e. The number of urea groups is 1. The molecule has 2 amide bonds. The zero-order valence-electron chi connectivity index (χ0n) is 10.8. The number of benzene rings is 1. The Hall–Kier alpha value is -1.79. The lowest BCUT2D eigenvalue weighted by molar-refractivity contribution is -0.0388. The highest BCUT2D eigenvalue weighted by Gasteiger charge is 2.24. The summed E-state index contributed by atoms with van der Waals surface area (Å²) in [4.78, 5) is 13.7. The monoisotopic (exact) mass is 266 g/mol. The highest BCUT2D eigenvalue weighted by atomic mass is 16.5. The fourth-order valence-electron chi connectivity index (χ4n) is 1.96. The fourth-order valence-corrected chi connectivity index (χ4v) is 1.96. The number of anilines is 1. The highest BCUT2D eigenvalue weighted by Crippen LogP contribution is 2.23. The van der Waals surface area contributed by atoms with Gasteiger partial charge in [0.05, 0.1) is 38.7 Å². The summed E-state index contributed by atoms with van der Waals surface area (Å²) < 4.78 is 10.5. The minimum Gasteiger partial charge on any atom is -0.495 e. The number of amides is 2. The first-order chi connectivity index (χ1) is 9.24. The Balaban J connectivity index is 2.00. The molecule has 1 aliphatic heterocycles. The van der Waals surface area contributed by atoms with Crippen LogP contribution in [-0.2, 0) is 4.74 Å². The van der Waals surface area contributed by atoms with Gasteiger partial charge in [-0.25, -0.2) is 4.79 Å². The zero-order valence-corrected chi connectivity index (χ0v) is 10.8. The maximum Gasteiger partial charge on any atom is 0.322 e. The molecule has 6 nitrogen and oxygen atoms in total. The molecule has 0 saturated carbocycles. The van der Waals surface area contributed by atoms with E-state index in [1.165, 1.54) is 0 Å². The van der Waals surface area contributed by atoms with E-state index in [2.05, 4.69) is 5.32 Å². The number of nitrogens with zero attached hydrogens (tertiary/aromatic N) is 1. The first kappa shape index (κ1) is 13.6. The van der Waals surface area contributed by atoms with Crippen LogP contribution in [0.4, 0.5) is 10.5 Å². The van der Waals surface area contributed by atoms with Crippen LogP contribution >= 0.6 is 0 Å². The van der Waals surface area contributed by atoms with E-state index in [1.807, 2.05) is 12.1 Å². The van der Waals surface area contributed by atoms with Crippen molar-refractivity contribution in [3.63, 3.8) is 0 Å². The summed E-state index contributed by atoms with van der Waals surface area (Å²) in [6.07, 6.45) is -0.308. The molecular weight excluding hydrogens is 248 g/mol. The Morgan fingerprint density at radius 3 is 3.11 bits per heavy atom. The van der Waals surface area contributed by atoms with Crippen LogP contribution < -0.4 is 10.1 Å². The summed E-state index contributed by atoms with van der Waals surface area (Å²) >= 11 is 0. The average molecular weight is 266 g/mol. The summed E-state index contributed by atoms with van der Waals surface area (Å²) in [6.45, 7) is 1.25. The molecule has 2 N–H and O–H groups in total. The molecule has 1 saturated heterocycles. The van der Waals surface area contributed by atoms with Gasteiger partial charge in [-0.2, -0.15) is 0 Å². The van der Waals surface area contributed by atoms with Crippen LogP contribution in [0.25, 0.3) is 0 Å². The number of morpholine rings is 1. The van der Waals surface area contributed by atoms with Gasteiger partial charge in [0.1, 0.15) is 5.75 Å². The van der Waals surface area contributed by atoms with Crippen molar-refractivity contribution in [1.82, 2.24) is 4.90 Å². The average Bonchev–Trinajstić information content (AvgIpc) is 2.47. The standard InChI is InChI=1S/C13H18N2O4/c1-18-12-5-3-2-4-11(12)14-13(17)15-6-7-19-10(8-15)9-16/h2-5,10,16H,6-9H2,1H3,(H,14,17). The molecule has 2 rings (SSSR count). The predicted octanol–water partition coefficient (Wildman–Crippen LogP) is 0.920. The summed E-state index contributed by atoms with van der Waals surface area (Å²) in [7, 11) is 1.56. The lowest BCUT2D eigenvalue weighted by atomic mass is 10.3. The second-order valence-corrected chi connectivity index (χ2v) is 4.25. The number of rotatable bonds is 3. The van der Waals surface area contributed by atoms with Crippen molar-refractivity contribution in [2.75, 3.05) is 38.7 Å². The van der Waals surface area contributed by atoms with Crippen molar-refractivity contribution in [2.24, 2.45) is 0 Å². The minimum atomic E-state index is -0.308. The molecule has 1 aliphatic rings. The molecule has 1 fully saturated rings. The number of ether oxygens (including phenoxy) is 2. The summed E-state index contributed by atoms with van der Waals surface area (Å²) in [5.41, 5.74) is 0.627. The molecule has 0 aliphatic carbocycles. The predicted molar refractivity (Wildman–Crippen MR) is 70.4 cm³/mol. The van der Waals surface area contributed by atoms with Gasteiger partial charge in [-0.15, -0.1) is 0 Å². The molecule has 1 atom stereocenters. The van der Waals surface area contributed by atoms with Crippen molar-refractivity contribution in [3.8, 4) is 5.75 Å². The summed E-state index contributed by atoms with van der Waals surface area (Å²) in [5, 5.41) is 11.9. The largest absolute Gasteiger partial charge is 0.495 e. The fraction of sp³-hybridized carbons (Fsp3) is 0.462. The van der Waals surface area contributed by atoms with E-state index in [-0.39, 0.29) is 18.7 Å². The molecule has 1 unspecified atom stereocenters. The van der Waals surface area contributed by atoms with Crippen molar-refractivity contribution in [1.29, 1.82) is 0 Å². The number of para-hydroxylation sites is 2. The molecule has 1 aromatic rings. The van der Waals surface area contributed by atoms with Crippen molar-refractivity contribution >= 4 is 11.7 Å². The van der Waals surface area contributed by atoms with Crippen LogP contribution in [0.5, 0.6) is 5.75 Å². The molecular formula is C13H18N2O4. The molecule has 0 aromatic heterocycles. The number of aliphatic hydroxyl groups excluding tert-OH is 1. The number of aliphatic hydroxyl groups is 1. The first-order valence-electron chi connectivity index (χ1n) is 6.16. The molecule has 104 valence electrons. The van der Waals surface area contributed by atoms with Crippen molar-refractivity contribution in [2.45, 2.75) is 6.10 Å². The van der Waals surface area contributed by atoms with Gasteiger partial charge in [0, 0.05) is 6.54 Å². The Bertz CT molecular complexity index is 438. The minimum absolute atomic E-state index is 0.0849. The Kier molecular flexibility index (Phi) is 4.59. The van der Waals surface area contributed by atoms with E-state index in [0.29, 0.717) is 31.1 Å². The number of hydrogen-bond donors (Lipinski definition) is 2. The van der Waals surface area contributed by atoms with Gasteiger partial charge >= 0.3 is 6.03 Å². The van der Waals surface area contributed by atoms with Gasteiger partial charge in [0.25, 0.3) is 0 Å². The second kappa shape index (κ2) is 6.40. The number of methoxy groups -OCH3 is 1. The summed E-state index contributed by atoms with van der Waals surface area (Å²) in [5.74, 6) is 0.614. The van der Waals surface area contributed by atoms with Gasteiger partial charge in [-0.1, -0.05) is 12.1 Å². The quantitative estimate of drug-likeness (QED) is 0.853. The van der Waals surface area contributed by atoms with E-state index < -0.39 is 0 Å². The van der Waals surface area contributed by atoms with E-state index in [4.69, 9.17) is 14.6 Å². The van der Waals surface area contributed by atoms with Crippen LogP contribution in [0, 0.1) is 0 Å². The SMILES string of the molecule is COc1ccccc1NC(=O)N1CCOC(CO)C1. The maximum atomic E-state index is 12.1. The summed E-state index contributed by atoms with van der Waals surface area (Å²) in [6, 6.07) is 7.01. The lowest BCUT2D eigenvalue weighted by Crippen LogP contribution is -2.48. The van der Waals surface area contributed by atoms with E-state index in [9.17, 15) is 4.79 Å². The van der Waals surface area contributed by atoms with Gasteiger partial charge < -0.3 is 24.8 Å². The van der Waals surface area contributed by atoms with E-state index in [1.54, 1.807) is 24.1 Å². The van der Waals surface area contributed by atoms with Crippen LogP contribution in [0.1, 0.15) is 0 Å². The zero-order chi connectivity index (χ0) is 13.7. The third-order valence-electron chi connectivity index (χ3n) is 2.98. The number of carbonyl (C=O) groups is 1. The van der Waals surface area contributed by atoms with Crippen LogP contribution in [0.2, 0.25) is 0 Å². The molecule has 0 radical (unpaired) electrons. The third-order valence-corrected chi connectivity index (χ3v) is 2.98. The second-order valence-electron chi connectivity index (χ2n) is 4.25. The molecule has 1 heterocycles. The van der Waals surface area contributed by atoms with Gasteiger partial charge in [0.15, 0.2) is 0 Å². The number of carbonyl (C=O) groups excluding carboxylic acids is 1. The molecule has 0 spiro atoms. The van der Waals surface area contributed by atoms with Crippen LogP contribution in [0.15, 0.2) is 24.3 Å². The number of nitrogens with one attached hydrogen (secondary N) is 1. The normalized spacial score (nSPS) is 19.1. The van der Waals surface area contributed by atoms with Gasteiger partial charge in [-0.05, 0) is 12.1 Å². The van der Waals surface area contributed by atoms with E-state index >= 15 is 0 Å².